The van der Waals surface area contributed by atoms with Crippen LogP contribution in [0.4, 0.5) is 0 Å². The van der Waals surface area contributed by atoms with Crippen LogP contribution in [-0.2, 0) is 26.6 Å². The van der Waals surface area contributed by atoms with E-state index >= 15 is 0 Å². The van der Waals surface area contributed by atoms with Crippen molar-refractivity contribution in [3.05, 3.63) is 41.2 Å². The summed E-state index contributed by atoms with van der Waals surface area (Å²) in [5.41, 5.74) is 1.59. The number of hydrogen-bond donors (Lipinski definition) is 1. The summed E-state index contributed by atoms with van der Waals surface area (Å²) in [6, 6.07) is 7.64. The third-order valence-electron chi connectivity index (χ3n) is 4.07. The normalized spacial score (nSPS) is 12.1. The predicted octanol–water partition coefficient (Wildman–Crippen LogP) is 2.30. The molecule has 1 unspecified atom stereocenters. The van der Waals surface area contributed by atoms with Gasteiger partial charge in [-0.3, -0.25) is 9.36 Å². The molecule has 1 aromatic carbocycles. The molecule has 2 aromatic rings. The Hall–Kier alpha value is -1.94. The van der Waals surface area contributed by atoms with E-state index in [4.69, 9.17) is 14.2 Å². The van der Waals surface area contributed by atoms with Gasteiger partial charge < -0.3 is 19.5 Å². The molecule has 0 aliphatic carbocycles. The smallest absolute Gasteiger partial charge is 0.251 e. The maximum Gasteiger partial charge on any atom is 0.251 e. The van der Waals surface area contributed by atoms with Crippen molar-refractivity contribution in [3.8, 4) is 0 Å². The van der Waals surface area contributed by atoms with Gasteiger partial charge in [0, 0.05) is 39.2 Å². The van der Waals surface area contributed by atoms with E-state index in [-0.39, 0.29) is 11.9 Å². The fraction of sp³-hybridized carbons (Fsp3) is 0.526. The van der Waals surface area contributed by atoms with Gasteiger partial charge in [0.15, 0.2) is 11.0 Å². The van der Waals surface area contributed by atoms with Gasteiger partial charge in [-0.05, 0) is 18.6 Å². The zero-order valence-electron chi connectivity index (χ0n) is 16.8. The molecule has 0 spiro atoms. The number of hydrogen-bond acceptors (Lipinski definition) is 7. The first-order valence-corrected chi connectivity index (χ1v) is 10.00. The standard InChI is InChI=1S/C19H28N4O4S/c1-14(11-26-3)23-17(12-27-4)21-22-19(23)28-13-15-7-5-6-8-16(15)18(24)20-9-10-25-2/h5-8,14H,9-13H2,1-4H3,(H,20,24). The highest BCUT2D eigenvalue weighted by molar-refractivity contribution is 7.98. The van der Waals surface area contributed by atoms with Gasteiger partial charge in [0.05, 0.1) is 19.3 Å². The van der Waals surface area contributed by atoms with E-state index < -0.39 is 0 Å². The lowest BCUT2D eigenvalue weighted by Crippen LogP contribution is -2.27. The summed E-state index contributed by atoms with van der Waals surface area (Å²) in [6.07, 6.45) is 0. The van der Waals surface area contributed by atoms with Crippen molar-refractivity contribution < 1.29 is 19.0 Å². The Morgan fingerprint density at radius 1 is 1.18 bits per heavy atom. The number of methoxy groups -OCH3 is 3. The van der Waals surface area contributed by atoms with E-state index in [9.17, 15) is 4.79 Å². The van der Waals surface area contributed by atoms with Crippen LogP contribution in [0.3, 0.4) is 0 Å². The molecular formula is C19H28N4O4S. The Morgan fingerprint density at radius 2 is 1.96 bits per heavy atom. The lowest BCUT2D eigenvalue weighted by atomic mass is 10.1. The molecule has 28 heavy (non-hydrogen) atoms. The van der Waals surface area contributed by atoms with E-state index in [1.54, 1.807) is 21.3 Å². The van der Waals surface area contributed by atoms with Crippen molar-refractivity contribution in [1.82, 2.24) is 20.1 Å². The van der Waals surface area contributed by atoms with E-state index in [1.165, 1.54) is 11.8 Å². The molecule has 9 heteroatoms. The second-order valence-electron chi connectivity index (χ2n) is 6.20. The van der Waals surface area contributed by atoms with E-state index in [0.717, 1.165) is 16.5 Å². The maximum atomic E-state index is 12.5. The fourth-order valence-electron chi connectivity index (χ4n) is 2.76. The number of rotatable bonds is 12. The quantitative estimate of drug-likeness (QED) is 0.426. The van der Waals surface area contributed by atoms with Crippen LogP contribution < -0.4 is 5.32 Å². The van der Waals surface area contributed by atoms with Crippen molar-refractivity contribution in [3.63, 3.8) is 0 Å². The molecule has 0 aliphatic heterocycles. The van der Waals surface area contributed by atoms with Crippen LogP contribution in [0.15, 0.2) is 29.4 Å². The maximum absolute atomic E-state index is 12.5. The summed E-state index contributed by atoms with van der Waals surface area (Å²) in [7, 11) is 4.91. The first-order chi connectivity index (χ1) is 13.6. The minimum absolute atomic E-state index is 0.0697. The van der Waals surface area contributed by atoms with Crippen LogP contribution in [0.2, 0.25) is 0 Å². The number of thioether (sulfide) groups is 1. The van der Waals surface area contributed by atoms with Gasteiger partial charge in [-0.25, -0.2) is 0 Å². The number of carbonyl (C=O) groups excluding carboxylic acids is 1. The molecular weight excluding hydrogens is 380 g/mol. The van der Waals surface area contributed by atoms with Gasteiger partial charge in [-0.2, -0.15) is 0 Å². The van der Waals surface area contributed by atoms with Crippen molar-refractivity contribution >= 4 is 17.7 Å². The van der Waals surface area contributed by atoms with E-state index in [0.29, 0.717) is 37.7 Å². The summed E-state index contributed by atoms with van der Waals surface area (Å²) >= 11 is 1.53. The zero-order chi connectivity index (χ0) is 20.4. The summed E-state index contributed by atoms with van der Waals surface area (Å²) in [6.45, 7) is 3.92. The SMILES string of the molecule is COCCNC(=O)c1ccccc1CSc1nnc(COC)n1C(C)COC. The lowest BCUT2D eigenvalue weighted by Gasteiger charge is -2.17. The van der Waals surface area contributed by atoms with Gasteiger partial charge >= 0.3 is 0 Å². The highest BCUT2D eigenvalue weighted by Gasteiger charge is 2.19. The summed E-state index contributed by atoms with van der Waals surface area (Å²) in [5.74, 6) is 1.24. The number of aromatic nitrogens is 3. The minimum Gasteiger partial charge on any atom is -0.383 e. The van der Waals surface area contributed by atoms with Crippen molar-refractivity contribution in [2.45, 2.75) is 30.5 Å². The van der Waals surface area contributed by atoms with Gasteiger partial charge in [0.25, 0.3) is 5.91 Å². The number of ether oxygens (including phenoxy) is 3. The summed E-state index contributed by atoms with van der Waals surface area (Å²) in [5, 5.41) is 12.2. The Balaban J connectivity index is 2.15. The molecule has 1 N–H and O–H groups in total. The van der Waals surface area contributed by atoms with Crippen LogP contribution in [0.25, 0.3) is 0 Å². The molecule has 0 radical (unpaired) electrons. The topological polar surface area (TPSA) is 87.5 Å². The minimum atomic E-state index is -0.109. The van der Waals surface area contributed by atoms with Gasteiger partial charge in [0.1, 0.15) is 6.61 Å². The van der Waals surface area contributed by atoms with Crippen LogP contribution in [0.1, 0.15) is 34.7 Å². The molecule has 154 valence electrons. The molecule has 0 saturated carbocycles. The first-order valence-electron chi connectivity index (χ1n) is 9.01. The average molecular weight is 409 g/mol. The largest absolute Gasteiger partial charge is 0.383 e. The number of nitrogens with one attached hydrogen (secondary N) is 1. The molecule has 8 nitrogen and oxygen atoms in total. The second-order valence-corrected chi connectivity index (χ2v) is 7.14. The number of carbonyl (C=O) groups is 1. The van der Waals surface area contributed by atoms with Crippen LogP contribution in [0, 0.1) is 0 Å². The first kappa shape index (κ1) is 22.4. The summed E-state index contributed by atoms with van der Waals surface area (Å²) in [4.78, 5) is 12.5. The Morgan fingerprint density at radius 3 is 2.68 bits per heavy atom. The number of benzene rings is 1. The highest BCUT2D eigenvalue weighted by Crippen LogP contribution is 2.27. The van der Waals surface area contributed by atoms with Gasteiger partial charge in [-0.1, -0.05) is 30.0 Å². The summed E-state index contributed by atoms with van der Waals surface area (Å²) < 4.78 is 17.5. The molecule has 0 bridgehead atoms. The van der Waals surface area contributed by atoms with Crippen LogP contribution >= 0.6 is 11.8 Å². The molecule has 1 amide bonds. The molecule has 2 rings (SSSR count). The molecule has 0 fully saturated rings. The van der Waals surface area contributed by atoms with Crippen molar-refractivity contribution in [1.29, 1.82) is 0 Å². The highest BCUT2D eigenvalue weighted by atomic mass is 32.2. The Bertz CT molecular complexity index is 753. The fourth-order valence-corrected chi connectivity index (χ4v) is 3.82. The van der Waals surface area contributed by atoms with Crippen molar-refractivity contribution in [2.75, 3.05) is 41.1 Å². The zero-order valence-corrected chi connectivity index (χ0v) is 17.6. The Labute approximate surface area is 170 Å². The van der Waals surface area contributed by atoms with Crippen molar-refractivity contribution in [2.24, 2.45) is 0 Å². The number of nitrogens with zero attached hydrogens (tertiary/aromatic N) is 3. The van der Waals surface area contributed by atoms with E-state index in [2.05, 4.69) is 15.5 Å². The number of amides is 1. The van der Waals surface area contributed by atoms with Crippen LogP contribution in [0.5, 0.6) is 0 Å². The van der Waals surface area contributed by atoms with E-state index in [1.807, 2.05) is 35.8 Å². The predicted molar refractivity (Wildman–Crippen MR) is 108 cm³/mol. The molecule has 0 saturated heterocycles. The Kier molecular flexibility index (Phi) is 9.42. The second kappa shape index (κ2) is 11.8. The average Bonchev–Trinajstić information content (AvgIpc) is 3.10. The third kappa shape index (κ3) is 6.03. The molecule has 1 aromatic heterocycles. The molecule has 0 aliphatic rings. The lowest BCUT2D eigenvalue weighted by molar-refractivity contribution is 0.0936. The monoisotopic (exact) mass is 408 g/mol. The molecule has 1 atom stereocenters. The third-order valence-corrected chi connectivity index (χ3v) is 5.06. The van der Waals surface area contributed by atoms with Gasteiger partial charge in [0.2, 0.25) is 0 Å². The van der Waals surface area contributed by atoms with Gasteiger partial charge in [-0.15, -0.1) is 10.2 Å². The van der Waals surface area contributed by atoms with Crippen LogP contribution in [-0.4, -0.2) is 61.8 Å². The molecule has 1 heterocycles.